The summed E-state index contributed by atoms with van der Waals surface area (Å²) in [4.78, 5) is 25.0. The summed E-state index contributed by atoms with van der Waals surface area (Å²) in [5.41, 5.74) is 3.23. The van der Waals surface area contributed by atoms with E-state index in [1.807, 2.05) is 30.3 Å². The number of fused-ring (bicyclic) bond motifs is 1. The summed E-state index contributed by atoms with van der Waals surface area (Å²) < 4.78 is 0. The van der Waals surface area contributed by atoms with Crippen molar-refractivity contribution in [1.82, 2.24) is 5.32 Å². The van der Waals surface area contributed by atoms with Crippen LogP contribution in [-0.2, 0) is 10.5 Å². The summed E-state index contributed by atoms with van der Waals surface area (Å²) in [5.74, 6) is 1.28. The summed E-state index contributed by atoms with van der Waals surface area (Å²) in [5, 5.41) is 9.95. The van der Waals surface area contributed by atoms with Crippen LogP contribution in [0.4, 0.5) is 11.4 Å². The lowest BCUT2D eigenvalue weighted by atomic mass is 10.1. The molecule has 3 rings (SSSR count). The van der Waals surface area contributed by atoms with Gasteiger partial charge in [0.25, 0.3) is 5.91 Å². The van der Waals surface area contributed by atoms with Crippen molar-refractivity contribution in [3.63, 3.8) is 0 Å². The zero-order chi connectivity index (χ0) is 22.8. The Bertz CT molecular complexity index is 905. The average Bonchev–Trinajstić information content (AvgIpc) is 2.79. The van der Waals surface area contributed by atoms with E-state index in [-0.39, 0.29) is 17.9 Å². The van der Waals surface area contributed by atoms with Crippen molar-refractivity contribution in [2.75, 3.05) is 22.9 Å². The molecule has 1 aliphatic rings. The van der Waals surface area contributed by atoms with Crippen molar-refractivity contribution < 1.29 is 9.59 Å². The van der Waals surface area contributed by atoms with Gasteiger partial charge in [-0.3, -0.25) is 9.59 Å². The number of carbonyl (C=O) groups excluding carboxylic acids is 2. The van der Waals surface area contributed by atoms with Gasteiger partial charge in [0, 0.05) is 28.6 Å². The quantitative estimate of drug-likeness (QED) is 0.326. The Morgan fingerprint density at radius 1 is 1.03 bits per heavy atom. The molecule has 172 valence electrons. The molecule has 1 atom stereocenters. The van der Waals surface area contributed by atoms with Crippen LogP contribution in [0, 0.1) is 0 Å². The average molecular weight is 474 g/mol. The van der Waals surface area contributed by atoms with E-state index in [2.05, 4.69) is 22.9 Å². The lowest BCUT2D eigenvalue weighted by molar-refractivity contribution is -0.116. The molecule has 2 aromatic rings. The number of unbranched alkanes of at least 4 members (excludes halogenated alkanes) is 5. The third kappa shape index (κ3) is 7.45. The van der Waals surface area contributed by atoms with Gasteiger partial charge in [-0.2, -0.15) is 11.8 Å². The second-order valence-corrected chi connectivity index (χ2v) is 9.58. The van der Waals surface area contributed by atoms with Crippen LogP contribution in [0.15, 0.2) is 42.5 Å². The maximum Gasteiger partial charge on any atom is 0.251 e. The number of amides is 2. The Morgan fingerprint density at radius 3 is 2.56 bits per heavy atom. The molecule has 0 unspecified atom stereocenters. The van der Waals surface area contributed by atoms with Gasteiger partial charge in [-0.25, -0.2) is 0 Å². The molecule has 5 nitrogen and oxygen atoms in total. The molecular weight excluding hydrogens is 442 g/mol. The highest BCUT2D eigenvalue weighted by molar-refractivity contribution is 7.98. The fraction of sp³-hybridized carbons (Fsp3) is 0.440. The van der Waals surface area contributed by atoms with E-state index in [1.165, 1.54) is 31.2 Å². The van der Waals surface area contributed by atoms with Gasteiger partial charge in [-0.1, -0.05) is 62.8 Å². The van der Waals surface area contributed by atoms with Crippen molar-refractivity contribution in [2.45, 2.75) is 57.2 Å². The normalized spacial score (nSPS) is 14.9. The van der Waals surface area contributed by atoms with Gasteiger partial charge in [0.15, 0.2) is 0 Å². The van der Waals surface area contributed by atoms with Crippen molar-refractivity contribution in [2.24, 2.45) is 0 Å². The minimum Gasteiger partial charge on any atom is -0.371 e. The number of hydrogen-bond acceptors (Lipinski definition) is 4. The Balaban J connectivity index is 1.45. The zero-order valence-corrected chi connectivity index (χ0v) is 20.2. The van der Waals surface area contributed by atoms with Crippen LogP contribution in [0.3, 0.4) is 0 Å². The van der Waals surface area contributed by atoms with Gasteiger partial charge >= 0.3 is 0 Å². The Labute approximate surface area is 200 Å². The molecule has 0 spiro atoms. The Kier molecular flexibility index (Phi) is 9.75. The molecule has 7 heteroatoms. The fourth-order valence-electron chi connectivity index (χ4n) is 3.59. The molecule has 0 saturated heterocycles. The Hall–Kier alpha value is -2.18. The standard InChI is InChI=1S/C25H32ClN3O2S/c1-2-3-4-5-6-7-14-27-24(30)19-10-13-21-22(15-19)29-25(31)23(28-21)17-32-16-18-8-11-20(26)12-9-18/h8-13,15,23,28H,2-7,14,16-17H2,1H3,(H,27,30)(H,29,31)/t23-/m0/s1. The highest BCUT2D eigenvalue weighted by Crippen LogP contribution is 2.29. The van der Waals surface area contributed by atoms with Crippen LogP contribution in [0.5, 0.6) is 0 Å². The molecule has 0 aliphatic carbocycles. The number of carbonyl (C=O) groups is 2. The molecule has 0 radical (unpaired) electrons. The lowest BCUT2D eigenvalue weighted by Gasteiger charge is -2.27. The van der Waals surface area contributed by atoms with E-state index in [1.54, 1.807) is 23.9 Å². The number of thioether (sulfide) groups is 1. The monoisotopic (exact) mass is 473 g/mol. The molecule has 3 N–H and O–H groups in total. The first-order chi connectivity index (χ1) is 15.6. The molecular formula is C25H32ClN3O2S. The molecule has 2 amide bonds. The highest BCUT2D eigenvalue weighted by Gasteiger charge is 2.26. The summed E-state index contributed by atoms with van der Waals surface area (Å²) >= 11 is 7.61. The maximum absolute atomic E-state index is 12.5. The fourth-order valence-corrected chi connectivity index (χ4v) is 4.73. The van der Waals surface area contributed by atoms with Gasteiger partial charge < -0.3 is 16.0 Å². The maximum atomic E-state index is 12.5. The van der Waals surface area contributed by atoms with Crippen LogP contribution >= 0.6 is 23.4 Å². The second-order valence-electron chi connectivity index (χ2n) is 8.11. The predicted octanol–water partition coefficient (Wildman–Crippen LogP) is 6.10. The summed E-state index contributed by atoms with van der Waals surface area (Å²) in [7, 11) is 0. The summed E-state index contributed by atoms with van der Waals surface area (Å²) in [6.07, 6.45) is 7.14. The van der Waals surface area contributed by atoms with Gasteiger partial charge in [0.05, 0.1) is 11.4 Å². The van der Waals surface area contributed by atoms with E-state index in [4.69, 9.17) is 11.6 Å². The lowest BCUT2D eigenvalue weighted by Crippen LogP contribution is -2.40. The first-order valence-electron chi connectivity index (χ1n) is 11.4. The summed E-state index contributed by atoms with van der Waals surface area (Å²) in [6, 6.07) is 12.8. The third-order valence-electron chi connectivity index (χ3n) is 5.47. The second kappa shape index (κ2) is 12.8. The number of benzene rings is 2. The van der Waals surface area contributed by atoms with Crippen LogP contribution < -0.4 is 16.0 Å². The number of rotatable bonds is 12. The largest absolute Gasteiger partial charge is 0.371 e. The van der Waals surface area contributed by atoms with Crippen LogP contribution in [0.2, 0.25) is 5.02 Å². The van der Waals surface area contributed by atoms with Crippen molar-refractivity contribution in [1.29, 1.82) is 0 Å². The number of nitrogens with one attached hydrogen (secondary N) is 3. The smallest absolute Gasteiger partial charge is 0.251 e. The Morgan fingerprint density at radius 2 is 1.78 bits per heavy atom. The zero-order valence-electron chi connectivity index (χ0n) is 18.6. The predicted molar refractivity (Wildman–Crippen MR) is 136 cm³/mol. The molecule has 0 aromatic heterocycles. The van der Waals surface area contributed by atoms with Crippen molar-refractivity contribution in [3.8, 4) is 0 Å². The molecule has 32 heavy (non-hydrogen) atoms. The van der Waals surface area contributed by atoms with Crippen LogP contribution in [0.1, 0.15) is 61.4 Å². The van der Waals surface area contributed by atoms with Crippen LogP contribution in [-0.4, -0.2) is 30.2 Å². The third-order valence-corrected chi connectivity index (χ3v) is 6.83. The number of anilines is 2. The molecule has 0 bridgehead atoms. The van der Waals surface area contributed by atoms with E-state index >= 15 is 0 Å². The van der Waals surface area contributed by atoms with E-state index < -0.39 is 0 Å². The van der Waals surface area contributed by atoms with E-state index in [0.717, 1.165) is 29.3 Å². The van der Waals surface area contributed by atoms with Gasteiger partial charge in [-0.15, -0.1) is 0 Å². The molecule has 0 fully saturated rings. The highest BCUT2D eigenvalue weighted by atomic mass is 35.5. The van der Waals surface area contributed by atoms with Gasteiger partial charge in [-0.05, 0) is 42.3 Å². The van der Waals surface area contributed by atoms with Gasteiger partial charge in [0.2, 0.25) is 5.91 Å². The first-order valence-corrected chi connectivity index (χ1v) is 12.9. The molecule has 0 saturated carbocycles. The minimum absolute atomic E-state index is 0.0780. The summed E-state index contributed by atoms with van der Waals surface area (Å²) in [6.45, 7) is 2.89. The van der Waals surface area contributed by atoms with Crippen LogP contribution in [0.25, 0.3) is 0 Å². The molecule has 1 heterocycles. The topological polar surface area (TPSA) is 70.2 Å². The van der Waals surface area contributed by atoms with E-state index in [9.17, 15) is 9.59 Å². The number of halogens is 1. The first kappa shape index (κ1) is 24.5. The molecule has 2 aromatic carbocycles. The van der Waals surface area contributed by atoms with Gasteiger partial charge in [0.1, 0.15) is 6.04 Å². The minimum atomic E-state index is -0.313. The van der Waals surface area contributed by atoms with E-state index in [0.29, 0.717) is 23.5 Å². The number of hydrogen-bond donors (Lipinski definition) is 3. The molecule has 1 aliphatic heterocycles. The van der Waals surface area contributed by atoms with Crippen molar-refractivity contribution >= 4 is 46.6 Å². The SMILES string of the molecule is CCCCCCCCNC(=O)c1ccc2c(c1)NC(=O)[C@H](CSCc1ccc(Cl)cc1)N2. The van der Waals surface area contributed by atoms with Crippen molar-refractivity contribution in [3.05, 3.63) is 58.6 Å².